The Hall–Kier alpha value is -3.60. The van der Waals surface area contributed by atoms with E-state index in [4.69, 9.17) is 4.74 Å². The summed E-state index contributed by atoms with van der Waals surface area (Å²) in [6.45, 7) is 2.40. The summed E-state index contributed by atoms with van der Waals surface area (Å²) in [5.41, 5.74) is 1.84. The van der Waals surface area contributed by atoms with E-state index in [9.17, 15) is 13.2 Å². The molecule has 3 fully saturated rings. The number of nitrogens with one attached hydrogen (secondary N) is 2. The first-order valence-corrected chi connectivity index (χ1v) is 14.1. The van der Waals surface area contributed by atoms with Crippen molar-refractivity contribution in [1.29, 1.82) is 0 Å². The second-order valence-corrected chi connectivity index (χ2v) is 12.1. The first kappa shape index (κ1) is 23.8. The number of amides is 1. The summed E-state index contributed by atoms with van der Waals surface area (Å²) in [5, 5.41) is 2.69. The second-order valence-electron chi connectivity index (χ2n) is 10.1. The van der Waals surface area contributed by atoms with Crippen LogP contribution in [-0.4, -0.2) is 46.1 Å². The second kappa shape index (κ2) is 9.05. The lowest BCUT2D eigenvalue weighted by Crippen LogP contribution is -2.40. The first-order chi connectivity index (χ1) is 17.9. The van der Waals surface area contributed by atoms with Crippen LogP contribution in [0.5, 0.6) is 5.88 Å². The summed E-state index contributed by atoms with van der Waals surface area (Å²) in [6.07, 6.45) is 10.0. The summed E-state index contributed by atoms with van der Waals surface area (Å²) in [4.78, 5) is 31.2. The minimum absolute atomic E-state index is 0.151. The highest BCUT2D eigenvalue weighted by atomic mass is 32.2. The molecule has 2 heterocycles. The smallest absolute Gasteiger partial charge is 0.236 e. The molecule has 1 amide bonds. The Morgan fingerprint density at radius 3 is 2.46 bits per heavy atom. The van der Waals surface area contributed by atoms with Crippen molar-refractivity contribution >= 4 is 27.4 Å². The van der Waals surface area contributed by atoms with Crippen LogP contribution in [0.1, 0.15) is 44.7 Å². The molecule has 3 aliphatic rings. The van der Waals surface area contributed by atoms with Gasteiger partial charge in [-0.15, -0.1) is 0 Å². The maximum Gasteiger partial charge on any atom is 0.236 e. The number of carbonyl (C=O) groups is 1. The van der Waals surface area contributed by atoms with E-state index >= 15 is 0 Å². The molecule has 6 rings (SSSR count). The van der Waals surface area contributed by atoms with Gasteiger partial charge < -0.3 is 10.1 Å². The van der Waals surface area contributed by atoms with E-state index in [1.54, 1.807) is 18.6 Å². The molecule has 37 heavy (non-hydrogen) atoms. The Kier molecular flexibility index (Phi) is 5.82. The first-order valence-electron chi connectivity index (χ1n) is 12.6. The van der Waals surface area contributed by atoms with Gasteiger partial charge in [0, 0.05) is 17.4 Å². The predicted octanol–water partition coefficient (Wildman–Crippen LogP) is 3.54. The fraction of sp³-hybridized carbons (Fsp3) is 0.423. The van der Waals surface area contributed by atoms with E-state index in [1.807, 2.05) is 31.2 Å². The van der Waals surface area contributed by atoms with Gasteiger partial charge in [-0.1, -0.05) is 12.1 Å². The van der Waals surface area contributed by atoms with Crippen molar-refractivity contribution in [3.63, 3.8) is 0 Å². The van der Waals surface area contributed by atoms with Crippen molar-refractivity contribution in [2.75, 3.05) is 16.6 Å². The van der Waals surface area contributed by atoms with Crippen molar-refractivity contribution in [2.45, 2.75) is 49.7 Å². The Morgan fingerprint density at radius 1 is 1.03 bits per heavy atom. The molecule has 2 N–H and O–H groups in total. The normalized spacial score (nSPS) is 24.2. The molecule has 2 atom stereocenters. The zero-order chi connectivity index (χ0) is 25.6. The molecule has 0 aliphatic heterocycles. The monoisotopic (exact) mass is 520 g/mol. The Balaban J connectivity index is 1.22. The molecular formula is C26H28N6O4S. The number of benzene rings is 1. The van der Waals surface area contributed by atoms with E-state index in [0.717, 1.165) is 12.0 Å². The van der Waals surface area contributed by atoms with Crippen LogP contribution in [0.2, 0.25) is 0 Å². The number of hydrogen-bond acceptors (Lipinski definition) is 8. The third-order valence-electron chi connectivity index (χ3n) is 7.40. The van der Waals surface area contributed by atoms with Gasteiger partial charge in [0.05, 0.1) is 47.3 Å². The SMILES string of the molecule is CCOc1cncc(-c2ccc(NC(=O)C3(c4cncc(NS(=O)(=O)C5CC5)n4)CC4CC4C3)cc2)n1. The molecule has 192 valence electrons. The average molecular weight is 521 g/mol. The molecule has 2 unspecified atom stereocenters. The molecule has 11 heteroatoms. The largest absolute Gasteiger partial charge is 0.477 e. The highest BCUT2D eigenvalue weighted by molar-refractivity contribution is 7.93. The summed E-state index contributed by atoms with van der Waals surface area (Å²) >= 11 is 0. The number of fused-ring (bicyclic) bond motifs is 1. The minimum atomic E-state index is -3.47. The van der Waals surface area contributed by atoms with E-state index in [1.165, 1.54) is 6.20 Å². The van der Waals surface area contributed by atoms with Gasteiger partial charge in [0.1, 0.15) is 0 Å². The predicted molar refractivity (Wildman–Crippen MR) is 137 cm³/mol. The summed E-state index contributed by atoms with van der Waals surface area (Å²) in [5.74, 6) is 1.44. The summed E-state index contributed by atoms with van der Waals surface area (Å²) in [7, 11) is -3.47. The molecular weight excluding hydrogens is 492 g/mol. The van der Waals surface area contributed by atoms with Crippen molar-refractivity contribution in [1.82, 2.24) is 19.9 Å². The third kappa shape index (κ3) is 4.75. The fourth-order valence-electron chi connectivity index (χ4n) is 5.23. The number of hydrogen-bond donors (Lipinski definition) is 2. The topological polar surface area (TPSA) is 136 Å². The zero-order valence-electron chi connectivity index (χ0n) is 20.4. The van der Waals surface area contributed by atoms with Crippen molar-refractivity contribution < 1.29 is 17.9 Å². The van der Waals surface area contributed by atoms with Crippen LogP contribution in [0.25, 0.3) is 11.3 Å². The number of rotatable bonds is 9. The lowest BCUT2D eigenvalue weighted by atomic mass is 9.78. The van der Waals surface area contributed by atoms with Crippen LogP contribution in [0.4, 0.5) is 11.5 Å². The van der Waals surface area contributed by atoms with Gasteiger partial charge in [-0.25, -0.2) is 18.4 Å². The van der Waals surface area contributed by atoms with Crippen LogP contribution in [0.15, 0.2) is 49.1 Å². The maximum absolute atomic E-state index is 13.7. The van der Waals surface area contributed by atoms with Gasteiger partial charge in [-0.2, -0.15) is 0 Å². The van der Waals surface area contributed by atoms with E-state index in [-0.39, 0.29) is 17.0 Å². The molecule has 1 aromatic carbocycles. The summed E-state index contributed by atoms with van der Waals surface area (Å²) in [6, 6.07) is 7.41. The number of sulfonamides is 1. The fourth-order valence-corrected chi connectivity index (χ4v) is 6.55. The Bertz CT molecular complexity index is 1430. The quantitative estimate of drug-likeness (QED) is 0.437. The number of anilines is 2. The molecule has 0 saturated heterocycles. The lowest BCUT2D eigenvalue weighted by Gasteiger charge is -2.29. The molecule has 2 aromatic heterocycles. The van der Waals surface area contributed by atoms with Gasteiger partial charge in [0.15, 0.2) is 5.82 Å². The van der Waals surface area contributed by atoms with Crippen LogP contribution in [0.3, 0.4) is 0 Å². The maximum atomic E-state index is 13.7. The van der Waals surface area contributed by atoms with Crippen LogP contribution in [-0.2, 0) is 20.2 Å². The molecule has 3 aromatic rings. The molecule has 10 nitrogen and oxygen atoms in total. The summed E-state index contributed by atoms with van der Waals surface area (Å²) < 4.78 is 32.8. The molecule has 3 saturated carbocycles. The Labute approximate surface area is 215 Å². The van der Waals surface area contributed by atoms with Crippen LogP contribution in [0, 0.1) is 11.8 Å². The van der Waals surface area contributed by atoms with Gasteiger partial charge in [0.2, 0.25) is 21.8 Å². The van der Waals surface area contributed by atoms with Gasteiger partial charge in [-0.3, -0.25) is 19.5 Å². The molecule has 0 bridgehead atoms. The highest BCUT2D eigenvalue weighted by Gasteiger charge is 2.59. The third-order valence-corrected chi connectivity index (χ3v) is 9.25. The van der Waals surface area contributed by atoms with Gasteiger partial charge in [-0.05, 0) is 63.0 Å². The number of aromatic nitrogens is 4. The Morgan fingerprint density at radius 2 is 1.76 bits per heavy atom. The van der Waals surface area contributed by atoms with Crippen molar-refractivity contribution in [3.05, 3.63) is 54.7 Å². The van der Waals surface area contributed by atoms with Gasteiger partial charge in [0.25, 0.3) is 0 Å². The van der Waals surface area contributed by atoms with E-state index in [0.29, 0.717) is 67.1 Å². The lowest BCUT2D eigenvalue weighted by molar-refractivity contribution is -0.122. The van der Waals surface area contributed by atoms with Crippen molar-refractivity contribution in [2.24, 2.45) is 11.8 Å². The van der Waals surface area contributed by atoms with Gasteiger partial charge >= 0.3 is 0 Å². The highest BCUT2D eigenvalue weighted by Crippen LogP contribution is 2.60. The number of ether oxygens (including phenoxy) is 1. The molecule has 0 spiro atoms. The zero-order valence-corrected chi connectivity index (χ0v) is 21.2. The van der Waals surface area contributed by atoms with Crippen LogP contribution >= 0.6 is 0 Å². The average Bonchev–Trinajstić information content (AvgIpc) is 3.83. The van der Waals surface area contributed by atoms with E-state index < -0.39 is 15.4 Å². The number of nitrogens with zero attached hydrogens (tertiary/aromatic N) is 4. The van der Waals surface area contributed by atoms with Crippen LogP contribution < -0.4 is 14.8 Å². The van der Waals surface area contributed by atoms with Crippen molar-refractivity contribution in [3.8, 4) is 17.1 Å². The molecule has 3 aliphatic carbocycles. The number of carbonyl (C=O) groups excluding carboxylic acids is 1. The molecule has 0 radical (unpaired) electrons. The standard InChI is InChI=1S/C26H28N6O4S/c1-2-36-24-15-27-12-21(30-24)16-3-5-19(6-4-16)29-25(33)26(10-17-9-18(17)11-26)22-13-28-14-23(31-22)32-37(34,35)20-7-8-20/h3-6,12-15,17-18,20H,2,7-11H2,1H3,(H,29,33)(H,31,32). The van der Waals surface area contributed by atoms with E-state index in [2.05, 4.69) is 30.0 Å². The minimum Gasteiger partial charge on any atom is -0.477 e.